The third-order valence-electron chi connectivity index (χ3n) is 2.27. The van der Waals surface area contributed by atoms with E-state index in [4.69, 9.17) is 7.85 Å². The zero-order valence-corrected chi connectivity index (χ0v) is 8.88. The molecule has 1 fully saturated rings. The number of alkyl halides is 3. The largest absolute Gasteiger partial charge is 0.405 e. The van der Waals surface area contributed by atoms with E-state index in [2.05, 4.69) is 5.32 Å². The van der Waals surface area contributed by atoms with E-state index in [1.165, 1.54) is 4.90 Å². The number of amides is 2. The first-order valence-corrected chi connectivity index (χ1v) is 4.92. The lowest BCUT2D eigenvalue weighted by atomic mass is 10.1. The van der Waals surface area contributed by atoms with Crippen molar-refractivity contribution < 1.29 is 22.8 Å². The molecule has 0 bridgehead atoms. The summed E-state index contributed by atoms with van der Waals surface area (Å²) in [6.07, 6.45) is -4.45. The van der Waals surface area contributed by atoms with E-state index in [9.17, 15) is 22.8 Å². The molecule has 2 amide bonds. The first-order chi connectivity index (χ1) is 7.79. The smallest absolute Gasteiger partial charge is 0.349 e. The van der Waals surface area contributed by atoms with Crippen molar-refractivity contribution in [3.05, 3.63) is 0 Å². The van der Waals surface area contributed by atoms with Gasteiger partial charge < -0.3 is 15.5 Å². The summed E-state index contributed by atoms with van der Waals surface area (Å²) in [7, 11) is 5.02. The number of nitrogens with one attached hydrogen (secondary N) is 2. The van der Waals surface area contributed by atoms with Crippen molar-refractivity contribution in [2.24, 2.45) is 0 Å². The highest BCUT2D eigenvalue weighted by molar-refractivity contribution is 6.56. The van der Waals surface area contributed by atoms with Crippen molar-refractivity contribution in [2.75, 3.05) is 26.2 Å². The Hall–Kier alpha value is -1.25. The normalized spacial score (nSPS) is 21.1. The first-order valence-electron chi connectivity index (χ1n) is 4.92. The van der Waals surface area contributed by atoms with Gasteiger partial charge in [-0.2, -0.15) is 13.2 Å². The molecule has 0 aromatic heterocycles. The van der Waals surface area contributed by atoms with Gasteiger partial charge in [0.05, 0.1) is 0 Å². The molecule has 5 nitrogen and oxygen atoms in total. The molecule has 0 aliphatic carbocycles. The Balaban J connectivity index is 2.44. The Bertz CT molecular complexity index is 311. The molecule has 94 valence electrons. The lowest BCUT2D eigenvalue weighted by molar-refractivity contribution is -0.140. The van der Waals surface area contributed by atoms with Crippen LogP contribution in [-0.4, -0.2) is 62.9 Å². The number of piperazine rings is 1. The van der Waals surface area contributed by atoms with Crippen molar-refractivity contribution in [1.82, 2.24) is 15.5 Å². The van der Waals surface area contributed by atoms with Gasteiger partial charge in [0.2, 0.25) is 13.8 Å². The summed E-state index contributed by atoms with van der Waals surface area (Å²) >= 11 is 0. The minimum Gasteiger partial charge on any atom is -0.349 e. The minimum absolute atomic E-state index is 0.0287. The third kappa shape index (κ3) is 4.64. The Morgan fingerprint density at radius 2 is 2.12 bits per heavy atom. The molecule has 17 heavy (non-hydrogen) atoms. The second-order valence-corrected chi connectivity index (χ2v) is 3.62. The van der Waals surface area contributed by atoms with Gasteiger partial charge in [-0.05, 0) is 0 Å². The van der Waals surface area contributed by atoms with E-state index in [1.807, 2.05) is 0 Å². The van der Waals surface area contributed by atoms with Crippen molar-refractivity contribution in [3.63, 3.8) is 0 Å². The average molecular weight is 249 g/mol. The fourth-order valence-corrected chi connectivity index (χ4v) is 1.44. The van der Waals surface area contributed by atoms with Gasteiger partial charge in [0.25, 0.3) is 0 Å². The van der Waals surface area contributed by atoms with E-state index in [0.29, 0.717) is 13.1 Å². The van der Waals surface area contributed by atoms with Crippen LogP contribution in [0, 0.1) is 0 Å². The Morgan fingerprint density at radius 1 is 1.47 bits per heavy atom. The maximum Gasteiger partial charge on any atom is 0.405 e. The highest BCUT2D eigenvalue weighted by Gasteiger charge is 2.31. The predicted octanol–water partition coefficient (Wildman–Crippen LogP) is -0.773. The minimum atomic E-state index is -4.45. The molecule has 0 aromatic carbocycles. The van der Waals surface area contributed by atoms with Gasteiger partial charge in [-0.25, -0.2) is 0 Å². The molecular weight excluding hydrogens is 238 g/mol. The van der Waals surface area contributed by atoms with Gasteiger partial charge in [0.1, 0.15) is 12.6 Å². The Labute approximate surface area is 97.1 Å². The molecule has 2 radical (unpaired) electrons. The Kier molecular flexibility index (Phi) is 4.38. The SMILES string of the molecule is [B]C(=O)N1CCNC(C(=O)NCC(F)(F)F)C1. The molecule has 1 rings (SSSR count). The van der Waals surface area contributed by atoms with Crippen LogP contribution in [0.2, 0.25) is 0 Å². The van der Waals surface area contributed by atoms with Crippen LogP contribution in [0.3, 0.4) is 0 Å². The molecule has 2 N–H and O–H groups in total. The fraction of sp³-hybridized carbons (Fsp3) is 0.750. The summed E-state index contributed by atoms with van der Waals surface area (Å²) in [5, 5.41) is 4.46. The number of carbonyl (C=O) groups is 2. The average Bonchev–Trinajstić information content (AvgIpc) is 2.25. The zero-order valence-electron chi connectivity index (χ0n) is 8.88. The second kappa shape index (κ2) is 5.39. The van der Waals surface area contributed by atoms with Gasteiger partial charge in [0.15, 0.2) is 5.81 Å². The molecule has 0 spiro atoms. The van der Waals surface area contributed by atoms with Gasteiger partial charge >= 0.3 is 6.18 Å². The second-order valence-electron chi connectivity index (χ2n) is 3.62. The van der Waals surface area contributed by atoms with Gasteiger partial charge in [-0.3, -0.25) is 9.59 Å². The zero-order chi connectivity index (χ0) is 13.1. The molecule has 1 aliphatic rings. The van der Waals surface area contributed by atoms with Crippen molar-refractivity contribution in [2.45, 2.75) is 12.2 Å². The van der Waals surface area contributed by atoms with Crippen molar-refractivity contribution in [1.29, 1.82) is 0 Å². The lowest BCUT2D eigenvalue weighted by Crippen LogP contribution is -2.58. The first kappa shape index (κ1) is 13.8. The van der Waals surface area contributed by atoms with Crippen LogP contribution in [-0.2, 0) is 4.79 Å². The highest BCUT2D eigenvalue weighted by Crippen LogP contribution is 2.12. The Morgan fingerprint density at radius 3 is 2.65 bits per heavy atom. The molecule has 1 aliphatic heterocycles. The van der Waals surface area contributed by atoms with E-state index in [1.54, 1.807) is 5.32 Å². The van der Waals surface area contributed by atoms with Crippen LogP contribution in [0.15, 0.2) is 0 Å². The van der Waals surface area contributed by atoms with Gasteiger partial charge in [-0.15, -0.1) is 0 Å². The van der Waals surface area contributed by atoms with Gasteiger partial charge in [-0.1, -0.05) is 0 Å². The number of carbonyl (C=O) groups excluding carboxylic acids is 2. The van der Waals surface area contributed by atoms with Crippen LogP contribution in [0.1, 0.15) is 0 Å². The van der Waals surface area contributed by atoms with E-state index in [0.717, 1.165) is 0 Å². The number of hydrogen-bond donors (Lipinski definition) is 2. The van der Waals surface area contributed by atoms with Crippen LogP contribution in [0.4, 0.5) is 18.0 Å². The molecule has 0 aromatic rings. The third-order valence-corrected chi connectivity index (χ3v) is 2.27. The maximum atomic E-state index is 11.9. The van der Waals surface area contributed by atoms with Crippen molar-refractivity contribution >= 4 is 19.6 Å². The van der Waals surface area contributed by atoms with E-state index < -0.39 is 30.5 Å². The van der Waals surface area contributed by atoms with E-state index >= 15 is 0 Å². The number of hydrogen-bond acceptors (Lipinski definition) is 3. The molecule has 1 atom stereocenters. The summed E-state index contributed by atoms with van der Waals surface area (Å²) in [6, 6.07) is -0.862. The quantitative estimate of drug-likeness (QED) is 0.631. The van der Waals surface area contributed by atoms with E-state index in [-0.39, 0.29) is 6.54 Å². The van der Waals surface area contributed by atoms with Crippen molar-refractivity contribution in [3.8, 4) is 0 Å². The number of nitrogens with zero attached hydrogens (tertiary/aromatic N) is 1. The molecule has 1 heterocycles. The molecule has 1 unspecified atom stereocenters. The van der Waals surface area contributed by atoms with Crippen LogP contribution >= 0.6 is 0 Å². The summed E-state index contributed by atoms with van der Waals surface area (Å²) in [4.78, 5) is 23.4. The fourth-order valence-electron chi connectivity index (χ4n) is 1.44. The van der Waals surface area contributed by atoms with Crippen LogP contribution in [0.25, 0.3) is 0 Å². The summed E-state index contributed by atoms with van der Waals surface area (Å²) in [5.74, 6) is -1.49. The lowest BCUT2D eigenvalue weighted by Gasteiger charge is -2.32. The monoisotopic (exact) mass is 249 g/mol. The molecular formula is C8H11BF3N3O2. The molecule has 9 heteroatoms. The molecule has 1 saturated heterocycles. The number of rotatable bonds is 2. The predicted molar refractivity (Wildman–Crippen MR) is 53.6 cm³/mol. The summed E-state index contributed by atoms with van der Waals surface area (Å²) in [5.41, 5.74) is 0. The number of halogens is 3. The topological polar surface area (TPSA) is 61.4 Å². The summed E-state index contributed by atoms with van der Waals surface area (Å²) in [6.45, 7) is -0.773. The van der Waals surface area contributed by atoms with Crippen LogP contribution < -0.4 is 10.6 Å². The molecule has 0 saturated carbocycles. The highest BCUT2D eigenvalue weighted by atomic mass is 19.4. The van der Waals surface area contributed by atoms with Gasteiger partial charge in [0, 0.05) is 19.6 Å². The van der Waals surface area contributed by atoms with Crippen LogP contribution in [0.5, 0.6) is 0 Å². The standard InChI is InChI=1S/C8H11BF3N3O2/c9-7(17)15-2-1-13-5(3-15)6(16)14-4-8(10,11)12/h5,13H,1-4H2,(H,14,16). The maximum absolute atomic E-state index is 11.9. The summed E-state index contributed by atoms with van der Waals surface area (Å²) < 4.78 is 35.6.